The Kier molecular flexibility index (Phi) is 7.02. The minimum atomic E-state index is 0.331. The lowest BCUT2D eigenvalue weighted by Crippen LogP contribution is -2.43. The van der Waals surface area contributed by atoms with Crippen molar-refractivity contribution >= 4 is 17.7 Å². The van der Waals surface area contributed by atoms with Crippen LogP contribution in [0.15, 0.2) is 23.3 Å². The summed E-state index contributed by atoms with van der Waals surface area (Å²) in [7, 11) is 1.80. The fourth-order valence-electron chi connectivity index (χ4n) is 2.46. The number of thioether (sulfide) groups is 1. The second kappa shape index (κ2) is 9.01. The van der Waals surface area contributed by atoms with Crippen LogP contribution in [0, 0.1) is 0 Å². The molecule has 2 rings (SSSR count). The highest BCUT2D eigenvalue weighted by atomic mass is 32.2. The lowest BCUT2D eigenvalue weighted by Gasteiger charge is -2.24. The third-order valence-electron chi connectivity index (χ3n) is 3.87. The highest BCUT2D eigenvalue weighted by Gasteiger charge is 2.29. The first-order chi connectivity index (χ1) is 11.1. The summed E-state index contributed by atoms with van der Waals surface area (Å²) in [5.74, 6) is 2.79. The molecule has 1 aromatic heterocycles. The molecule has 6 heteroatoms. The highest BCUT2D eigenvalue weighted by molar-refractivity contribution is 8.00. The molecule has 2 heterocycles. The van der Waals surface area contributed by atoms with Crippen LogP contribution in [0.1, 0.15) is 38.7 Å². The molecule has 5 nitrogen and oxygen atoms in total. The summed E-state index contributed by atoms with van der Waals surface area (Å²) < 4.78 is 5.82. The average molecular weight is 337 g/mol. The number of aliphatic imine (C=N–C) groups is 1. The predicted molar refractivity (Wildman–Crippen MR) is 98.3 cm³/mol. The van der Waals surface area contributed by atoms with Crippen molar-refractivity contribution < 1.29 is 4.74 Å². The highest BCUT2D eigenvalue weighted by Crippen LogP contribution is 2.36. The Labute approximate surface area is 143 Å². The molecular formula is C17H28N4OS. The first kappa shape index (κ1) is 17.9. The largest absolute Gasteiger partial charge is 0.478 e. The van der Waals surface area contributed by atoms with Crippen LogP contribution in [0.5, 0.6) is 5.88 Å². The second-order valence-electron chi connectivity index (χ2n) is 6.03. The van der Waals surface area contributed by atoms with E-state index in [1.807, 2.05) is 18.3 Å². The molecule has 0 spiro atoms. The van der Waals surface area contributed by atoms with Gasteiger partial charge in [0, 0.05) is 37.1 Å². The third-order valence-corrected chi connectivity index (χ3v) is 5.40. The molecule has 1 unspecified atom stereocenters. The number of aromatic nitrogens is 1. The summed E-state index contributed by atoms with van der Waals surface area (Å²) in [6, 6.07) is 3.95. The predicted octanol–water partition coefficient (Wildman–Crippen LogP) is 2.82. The minimum absolute atomic E-state index is 0.331. The zero-order valence-electron chi connectivity index (χ0n) is 14.4. The Balaban J connectivity index is 1.76. The van der Waals surface area contributed by atoms with Crippen molar-refractivity contribution in [3.63, 3.8) is 0 Å². The van der Waals surface area contributed by atoms with Gasteiger partial charge in [-0.2, -0.15) is 11.8 Å². The monoisotopic (exact) mass is 336 g/mol. The van der Waals surface area contributed by atoms with Gasteiger partial charge in [-0.25, -0.2) is 4.98 Å². The molecule has 1 saturated heterocycles. The van der Waals surface area contributed by atoms with Gasteiger partial charge in [-0.15, -0.1) is 0 Å². The Morgan fingerprint density at radius 2 is 2.30 bits per heavy atom. The van der Waals surface area contributed by atoms with Crippen LogP contribution in [-0.2, 0) is 6.54 Å². The molecule has 0 saturated carbocycles. The SMILES string of the molecule is CCCOc1ccc(CNC(=NC)NCC2(C)CCCS2)cn1. The number of nitrogens with zero attached hydrogens (tertiary/aromatic N) is 2. The normalized spacial score (nSPS) is 21.3. The molecule has 0 radical (unpaired) electrons. The molecule has 128 valence electrons. The van der Waals surface area contributed by atoms with E-state index in [2.05, 4.69) is 46.2 Å². The fourth-order valence-corrected chi connectivity index (χ4v) is 3.71. The number of pyridine rings is 1. The van der Waals surface area contributed by atoms with Crippen molar-refractivity contribution in [3.05, 3.63) is 23.9 Å². The topological polar surface area (TPSA) is 58.5 Å². The molecule has 0 aromatic carbocycles. The van der Waals surface area contributed by atoms with Crippen LogP contribution >= 0.6 is 11.8 Å². The van der Waals surface area contributed by atoms with E-state index in [1.165, 1.54) is 18.6 Å². The summed E-state index contributed by atoms with van der Waals surface area (Å²) in [6.07, 6.45) is 5.42. The zero-order chi connectivity index (χ0) is 16.5. The Hall–Kier alpha value is -1.43. The first-order valence-corrected chi connectivity index (χ1v) is 9.30. The molecule has 0 amide bonds. The molecule has 1 aliphatic heterocycles. The quantitative estimate of drug-likeness (QED) is 0.592. The molecule has 1 fully saturated rings. The summed E-state index contributed by atoms with van der Waals surface area (Å²) in [5.41, 5.74) is 1.11. The molecule has 23 heavy (non-hydrogen) atoms. The smallest absolute Gasteiger partial charge is 0.213 e. The van der Waals surface area contributed by atoms with E-state index in [4.69, 9.17) is 4.74 Å². The minimum Gasteiger partial charge on any atom is -0.478 e. The van der Waals surface area contributed by atoms with Gasteiger partial charge in [0.1, 0.15) is 0 Å². The second-order valence-corrected chi connectivity index (χ2v) is 7.72. The summed E-state index contributed by atoms with van der Waals surface area (Å²) >= 11 is 2.05. The summed E-state index contributed by atoms with van der Waals surface area (Å²) in [6.45, 7) is 6.76. The van der Waals surface area contributed by atoms with Crippen molar-refractivity contribution in [1.29, 1.82) is 0 Å². The maximum atomic E-state index is 5.49. The molecule has 1 aromatic rings. The van der Waals surface area contributed by atoms with E-state index in [0.717, 1.165) is 24.5 Å². The molecule has 1 atom stereocenters. The summed E-state index contributed by atoms with van der Waals surface area (Å²) in [5, 5.41) is 6.77. The van der Waals surface area contributed by atoms with Crippen molar-refractivity contribution in [3.8, 4) is 5.88 Å². The fraction of sp³-hybridized carbons (Fsp3) is 0.647. The number of nitrogens with one attached hydrogen (secondary N) is 2. The van der Waals surface area contributed by atoms with Gasteiger partial charge >= 0.3 is 0 Å². The standard InChI is InChI=1S/C17H28N4OS/c1-4-9-22-15-7-6-14(11-19-15)12-20-16(18-3)21-13-17(2)8-5-10-23-17/h6-7,11H,4-5,8-10,12-13H2,1-3H3,(H2,18,20,21). The number of ether oxygens (including phenoxy) is 1. The van der Waals surface area contributed by atoms with E-state index in [1.54, 1.807) is 7.05 Å². The molecule has 1 aliphatic rings. The van der Waals surface area contributed by atoms with Gasteiger partial charge in [-0.3, -0.25) is 4.99 Å². The zero-order valence-corrected chi connectivity index (χ0v) is 15.2. The van der Waals surface area contributed by atoms with Gasteiger partial charge in [0.05, 0.1) is 6.61 Å². The van der Waals surface area contributed by atoms with Crippen LogP contribution in [0.3, 0.4) is 0 Å². The van der Waals surface area contributed by atoms with E-state index in [0.29, 0.717) is 23.8 Å². The van der Waals surface area contributed by atoms with E-state index >= 15 is 0 Å². The van der Waals surface area contributed by atoms with Crippen LogP contribution in [0.2, 0.25) is 0 Å². The van der Waals surface area contributed by atoms with Crippen molar-refractivity contribution in [1.82, 2.24) is 15.6 Å². The number of rotatable bonds is 7. The van der Waals surface area contributed by atoms with Gasteiger partial charge in [-0.05, 0) is 37.5 Å². The third kappa shape index (κ3) is 5.94. The maximum absolute atomic E-state index is 5.49. The van der Waals surface area contributed by atoms with Gasteiger partial charge in [-0.1, -0.05) is 13.0 Å². The average Bonchev–Trinajstić information content (AvgIpc) is 3.01. The first-order valence-electron chi connectivity index (χ1n) is 8.31. The molecule has 0 aliphatic carbocycles. The Morgan fingerprint density at radius 3 is 2.91 bits per heavy atom. The van der Waals surface area contributed by atoms with Crippen LogP contribution in [0.25, 0.3) is 0 Å². The van der Waals surface area contributed by atoms with Gasteiger partial charge < -0.3 is 15.4 Å². The van der Waals surface area contributed by atoms with Crippen molar-refractivity contribution in [2.75, 3.05) is 26.0 Å². The number of hydrogen-bond donors (Lipinski definition) is 2. The molecule has 0 bridgehead atoms. The lowest BCUT2D eigenvalue weighted by atomic mass is 10.1. The number of hydrogen-bond acceptors (Lipinski definition) is 4. The Morgan fingerprint density at radius 1 is 1.43 bits per heavy atom. The van der Waals surface area contributed by atoms with Crippen LogP contribution in [-0.4, -0.2) is 41.6 Å². The Bertz CT molecular complexity index is 498. The number of guanidine groups is 1. The van der Waals surface area contributed by atoms with E-state index in [-0.39, 0.29) is 0 Å². The van der Waals surface area contributed by atoms with Crippen LogP contribution < -0.4 is 15.4 Å². The molecular weight excluding hydrogens is 308 g/mol. The van der Waals surface area contributed by atoms with Crippen molar-refractivity contribution in [2.24, 2.45) is 4.99 Å². The van der Waals surface area contributed by atoms with E-state index < -0.39 is 0 Å². The van der Waals surface area contributed by atoms with Crippen molar-refractivity contribution in [2.45, 2.75) is 44.4 Å². The van der Waals surface area contributed by atoms with Gasteiger partial charge in [0.25, 0.3) is 0 Å². The van der Waals surface area contributed by atoms with Gasteiger partial charge in [0.2, 0.25) is 5.88 Å². The lowest BCUT2D eigenvalue weighted by molar-refractivity contribution is 0.305. The van der Waals surface area contributed by atoms with Gasteiger partial charge in [0.15, 0.2) is 5.96 Å². The summed E-state index contributed by atoms with van der Waals surface area (Å²) in [4.78, 5) is 8.61. The maximum Gasteiger partial charge on any atom is 0.213 e. The van der Waals surface area contributed by atoms with E-state index in [9.17, 15) is 0 Å². The van der Waals surface area contributed by atoms with Crippen LogP contribution in [0.4, 0.5) is 0 Å². The molecule has 2 N–H and O–H groups in total.